The molecule has 0 saturated heterocycles. The Balaban J connectivity index is 2.01. The summed E-state index contributed by atoms with van der Waals surface area (Å²) < 4.78 is 29.0. The molecule has 0 amide bonds. The van der Waals surface area contributed by atoms with Gasteiger partial charge in [-0.15, -0.1) is 0 Å². The van der Waals surface area contributed by atoms with E-state index in [1.54, 1.807) is 11.5 Å². The minimum absolute atomic E-state index is 0.0448. The number of hydrogen-bond acceptors (Lipinski definition) is 6. The number of rotatable bonds is 10. The van der Waals surface area contributed by atoms with Crippen molar-refractivity contribution in [1.29, 1.82) is 5.26 Å². The molecule has 1 aromatic carbocycles. The Labute approximate surface area is 165 Å². The second kappa shape index (κ2) is 11.0. The summed E-state index contributed by atoms with van der Waals surface area (Å²) in [6.45, 7) is 2.14. The van der Waals surface area contributed by atoms with Crippen molar-refractivity contribution >= 4 is 32.5 Å². The van der Waals surface area contributed by atoms with E-state index in [9.17, 15) is 13.7 Å². The van der Waals surface area contributed by atoms with Crippen molar-refractivity contribution in [2.24, 2.45) is 5.16 Å². The van der Waals surface area contributed by atoms with Crippen molar-refractivity contribution in [1.82, 2.24) is 0 Å². The average Bonchev–Trinajstić information content (AvgIpc) is 3.13. The van der Waals surface area contributed by atoms with Gasteiger partial charge < -0.3 is 0 Å². The maximum atomic E-state index is 12.1. The largest absolute Gasteiger partial charge is 0.328 e. The van der Waals surface area contributed by atoms with Crippen LogP contribution < -0.4 is 0 Å². The first-order valence-corrected chi connectivity index (χ1v) is 11.6. The fourth-order valence-corrected chi connectivity index (χ4v) is 4.21. The summed E-state index contributed by atoms with van der Waals surface area (Å²) in [7, 11) is -3.72. The quantitative estimate of drug-likeness (QED) is 0.302. The van der Waals surface area contributed by atoms with Crippen LogP contribution in [0, 0.1) is 11.3 Å². The highest BCUT2D eigenvalue weighted by Gasteiger charge is 2.20. The maximum absolute atomic E-state index is 12.1. The molecule has 0 saturated carbocycles. The second-order valence-electron chi connectivity index (χ2n) is 6.19. The fraction of sp³-hybridized carbons (Fsp3) is 0.400. The van der Waals surface area contributed by atoms with Gasteiger partial charge in [-0.3, -0.25) is 4.28 Å². The molecule has 1 aliphatic heterocycles. The molecular weight excluding hydrogens is 380 g/mol. The van der Waals surface area contributed by atoms with E-state index in [0.717, 1.165) is 31.2 Å². The molecule has 1 heterocycles. The van der Waals surface area contributed by atoms with Gasteiger partial charge in [-0.1, -0.05) is 86.3 Å². The third-order valence-electron chi connectivity index (χ3n) is 4.07. The lowest BCUT2D eigenvalue weighted by molar-refractivity contribution is 0.339. The fourth-order valence-electron chi connectivity index (χ4n) is 2.63. The normalized spacial score (nSPS) is 17.1. The molecule has 0 atom stereocenters. The summed E-state index contributed by atoms with van der Waals surface area (Å²) in [6, 6.07) is 11.4. The van der Waals surface area contributed by atoms with E-state index >= 15 is 0 Å². The molecule has 0 unspecified atom stereocenters. The van der Waals surface area contributed by atoms with E-state index < -0.39 is 10.1 Å². The molecule has 0 bridgehead atoms. The average molecular weight is 405 g/mol. The molecule has 2 rings (SSSR count). The van der Waals surface area contributed by atoms with Crippen LogP contribution in [0.1, 0.15) is 51.0 Å². The minimum atomic E-state index is -3.72. The zero-order chi connectivity index (χ0) is 19.5. The zero-order valence-electron chi connectivity index (χ0n) is 15.4. The first-order chi connectivity index (χ1) is 13.1. The number of hydrogen-bond donors (Lipinski definition) is 0. The Morgan fingerprint density at radius 3 is 2.56 bits per heavy atom. The van der Waals surface area contributed by atoms with Gasteiger partial charge in [0.25, 0.3) is 0 Å². The lowest BCUT2D eigenvalue weighted by Crippen LogP contribution is -2.09. The summed E-state index contributed by atoms with van der Waals surface area (Å²) in [6.07, 6.45) is 7.69. The Bertz CT molecular complexity index is 851. The lowest BCUT2D eigenvalue weighted by Gasteiger charge is -2.05. The predicted molar refractivity (Wildman–Crippen MR) is 111 cm³/mol. The van der Waals surface area contributed by atoms with Gasteiger partial charge in [0, 0.05) is 5.57 Å². The lowest BCUT2D eigenvalue weighted by atomic mass is 10.0. The van der Waals surface area contributed by atoms with Gasteiger partial charge in [-0.05, 0) is 23.5 Å². The van der Waals surface area contributed by atoms with Gasteiger partial charge in [-0.2, -0.15) is 13.7 Å². The van der Waals surface area contributed by atoms with Gasteiger partial charge in [0.15, 0.2) is 0 Å². The molecular formula is C20H24N2O3S2. The molecule has 0 radical (unpaired) electrons. The van der Waals surface area contributed by atoms with Crippen LogP contribution in [0.5, 0.6) is 0 Å². The molecule has 0 aromatic heterocycles. The van der Waals surface area contributed by atoms with Crippen LogP contribution in [-0.2, 0) is 14.4 Å². The molecule has 0 N–H and O–H groups in total. The maximum Gasteiger partial charge on any atom is 0.328 e. The van der Waals surface area contributed by atoms with Gasteiger partial charge in [0.1, 0.15) is 11.1 Å². The molecule has 0 aliphatic carbocycles. The Morgan fingerprint density at radius 1 is 1.15 bits per heavy atom. The van der Waals surface area contributed by atoms with E-state index in [2.05, 4.69) is 18.1 Å². The van der Waals surface area contributed by atoms with Gasteiger partial charge >= 0.3 is 10.1 Å². The van der Waals surface area contributed by atoms with Crippen molar-refractivity contribution in [3.8, 4) is 6.07 Å². The third-order valence-corrected chi connectivity index (χ3v) is 5.95. The van der Waals surface area contributed by atoms with E-state index in [0.29, 0.717) is 22.6 Å². The second-order valence-corrected chi connectivity index (χ2v) is 8.75. The summed E-state index contributed by atoms with van der Waals surface area (Å²) in [5.41, 5.74) is 1.76. The van der Waals surface area contributed by atoms with Gasteiger partial charge in [-0.25, -0.2) is 0 Å². The van der Waals surface area contributed by atoms with Crippen LogP contribution >= 0.6 is 11.8 Å². The van der Waals surface area contributed by atoms with Gasteiger partial charge in [0.05, 0.1) is 11.3 Å². The van der Waals surface area contributed by atoms with Crippen molar-refractivity contribution in [2.45, 2.75) is 45.4 Å². The topological polar surface area (TPSA) is 79.5 Å². The van der Waals surface area contributed by atoms with Crippen LogP contribution in [-0.4, -0.2) is 19.2 Å². The van der Waals surface area contributed by atoms with Crippen molar-refractivity contribution < 1.29 is 12.7 Å². The molecule has 144 valence electrons. The molecule has 7 heteroatoms. The summed E-state index contributed by atoms with van der Waals surface area (Å²) >= 11 is 1.24. The van der Waals surface area contributed by atoms with Crippen LogP contribution in [0.4, 0.5) is 0 Å². The van der Waals surface area contributed by atoms with E-state index in [1.165, 1.54) is 18.2 Å². The highest BCUT2D eigenvalue weighted by molar-refractivity contribution is 8.17. The first kappa shape index (κ1) is 21.3. The van der Waals surface area contributed by atoms with E-state index in [4.69, 9.17) is 4.28 Å². The Kier molecular flexibility index (Phi) is 8.62. The van der Waals surface area contributed by atoms with Crippen molar-refractivity contribution in [3.05, 3.63) is 53.0 Å². The van der Waals surface area contributed by atoms with E-state index in [1.807, 2.05) is 30.3 Å². The molecule has 0 fully saturated rings. The number of nitrogens with zero attached hydrogens (tertiary/aromatic N) is 2. The third kappa shape index (κ3) is 6.89. The number of nitriles is 1. The standard InChI is InChI=1S/C20H24N2O3S2/c1-2-3-4-5-6-10-15-27(23,24)25-22-20-18(13-14-26-20)19(16-21)17-11-8-7-9-12-17/h7-9,11-14H,2-6,10,15H2,1H3. The number of oxime groups is 1. The van der Waals surface area contributed by atoms with Crippen LogP contribution in [0.15, 0.2) is 52.5 Å². The number of unbranched alkanes of at least 4 members (excludes halogenated alkanes) is 5. The summed E-state index contributed by atoms with van der Waals surface area (Å²) in [4.78, 5) is 0. The van der Waals surface area contributed by atoms with E-state index in [-0.39, 0.29) is 5.75 Å². The number of thioether (sulfide) groups is 1. The monoisotopic (exact) mass is 404 g/mol. The summed E-state index contributed by atoms with van der Waals surface area (Å²) in [5.74, 6) is -0.0448. The highest BCUT2D eigenvalue weighted by Crippen LogP contribution is 2.30. The van der Waals surface area contributed by atoms with Crippen LogP contribution in [0.3, 0.4) is 0 Å². The minimum Gasteiger partial charge on any atom is -0.267 e. The number of benzene rings is 1. The molecule has 1 aliphatic rings. The highest BCUT2D eigenvalue weighted by atomic mass is 32.2. The van der Waals surface area contributed by atoms with Crippen molar-refractivity contribution in [3.63, 3.8) is 0 Å². The smallest absolute Gasteiger partial charge is 0.267 e. The van der Waals surface area contributed by atoms with Crippen molar-refractivity contribution in [2.75, 3.05) is 5.75 Å². The first-order valence-electron chi connectivity index (χ1n) is 9.10. The Morgan fingerprint density at radius 2 is 1.85 bits per heavy atom. The molecule has 0 spiro atoms. The van der Waals surface area contributed by atoms with Gasteiger partial charge in [0.2, 0.25) is 0 Å². The summed E-state index contributed by atoms with van der Waals surface area (Å²) in [5, 5.41) is 15.5. The zero-order valence-corrected chi connectivity index (χ0v) is 17.1. The SMILES string of the molecule is CCCCCCCCS(=O)(=O)ON=C1SC=CC1=C(C#N)c1ccccc1. The molecule has 1 aromatic rings. The molecule has 5 nitrogen and oxygen atoms in total. The predicted octanol–water partition coefficient (Wildman–Crippen LogP) is 5.24. The number of allylic oxidation sites excluding steroid dienone is 2. The van der Waals surface area contributed by atoms with Crippen LogP contribution in [0.25, 0.3) is 5.57 Å². The molecule has 27 heavy (non-hydrogen) atoms. The van der Waals surface area contributed by atoms with Crippen LogP contribution in [0.2, 0.25) is 0 Å². The Hall–Kier alpha value is -2.04.